The summed E-state index contributed by atoms with van der Waals surface area (Å²) in [5, 5.41) is 9.75. The van der Waals surface area contributed by atoms with Crippen LogP contribution in [0.1, 0.15) is 41.1 Å². The van der Waals surface area contributed by atoms with Gasteiger partial charge < -0.3 is 5.32 Å². The van der Waals surface area contributed by atoms with Crippen LogP contribution in [0.5, 0.6) is 0 Å². The second-order valence-electron chi connectivity index (χ2n) is 9.14. The van der Waals surface area contributed by atoms with E-state index in [1.54, 1.807) is 23.2 Å². The zero-order valence-corrected chi connectivity index (χ0v) is 21.8. The van der Waals surface area contributed by atoms with Gasteiger partial charge >= 0.3 is 0 Å². The number of rotatable bonds is 5. The molecule has 6 nitrogen and oxygen atoms in total. The average Bonchev–Trinajstić information content (AvgIpc) is 3.43. The number of aryl methyl sites for hydroxylation is 2. The summed E-state index contributed by atoms with van der Waals surface area (Å²) in [6.07, 6.45) is 0.519. The minimum Gasteiger partial charge on any atom is -0.326 e. The summed E-state index contributed by atoms with van der Waals surface area (Å²) in [5.74, 6) is -0.949. The van der Waals surface area contributed by atoms with Crippen LogP contribution in [0.3, 0.4) is 0 Å². The fraction of sp³-hybridized carbons (Fsp3) is 0.214. The third kappa shape index (κ3) is 5.76. The van der Waals surface area contributed by atoms with Crippen molar-refractivity contribution in [1.29, 1.82) is 0 Å². The van der Waals surface area contributed by atoms with Crippen molar-refractivity contribution in [2.45, 2.75) is 38.0 Å². The number of carbonyl (C=O) groups is 2. The number of hydrogen-bond acceptors (Lipinski definition) is 5. The van der Waals surface area contributed by atoms with E-state index in [9.17, 15) is 14.0 Å². The molecular formula is C28H24ClFN4O2S. The van der Waals surface area contributed by atoms with E-state index >= 15 is 0 Å². The lowest BCUT2D eigenvalue weighted by Crippen LogP contribution is -2.25. The molecular weight excluding hydrogens is 511 g/mol. The number of anilines is 1. The predicted molar refractivity (Wildman–Crippen MR) is 147 cm³/mol. The molecule has 0 fully saturated rings. The highest BCUT2D eigenvalue weighted by Gasteiger charge is 2.39. The van der Waals surface area contributed by atoms with Gasteiger partial charge in [0.15, 0.2) is 5.17 Å². The fourth-order valence-electron chi connectivity index (χ4n) is 4.51. The van der Waals surface area contributed by atoms with E-state index in [-0.39, 0.29) is 30.1 Å². The topological polar surface area (TPSA) is 74.1 Å². The van der Waals surface area contributed by atoms with Crippen molar-refractivity contribution in [2.75, 3.05) is 5.32 Å². The van der Waals surface area contributed by atoms with Gasteiger partial charge in [-0.1, -0.05) is 53.7 Å². The highest BCUT2D eigenvalue weighted by atomic mass is 35.5. The number of amidine groups is 1. The van der Waals surface area contributed by atoms with E-state index in [0.717, 1.165) is 28.0 Å². The molecule has 9 heteroatoms. The quantitative estimate of drug-likeness (QED) is 0.418. The molecule has 2 aliphatic heterocycles. The Bertz CT molecular complexity index is 1420. The van der Waals surface area contributed by atoms with Crippen molar-refractivity contribution in [2.24, 2.45) is 10.1 Å². The summed E-state index contributed by atoms with van der Waals surface area (Å²) in [5.41, 5.74) is 5.24. The van der Waals surface area contributed by atoms with Gasteiger partial charge in [-0.15, -0.1) is 0 Å². The molecule has 0 aromatic heterocycles. The monoisotopic (exact) mass is 534 g/mol. The van der Waals surface area contributed by atoms with Crippen LogP contribution in [0, 0.1) is 19.7 Å². The average molecular weight is 535 g/mol. The van der Waals surface area contributed by atoms with E-state index in [1.807, 2.05) is 50.2 Å². The van der Waals surface area contributed by atoms with Gasteiger partial charge in [0.2, 0.25) is 5.91 Å². The minimum atomic E-state index is -0.647. The van der Waals surface area contributed by atoms with Crippen LogP contribution in [0.15, 0.2) is 76.8 Å². The molecule has 0 unspecified atom stereocenters. The third-order valence-corrected chi connectivity index (χ3v) is 7.50. The molecule has 0 radical (unpaired) electrons. The van der Waals surface area contributed by atoms with Gasteiger partial charge in [0, 0.05) is 23.6 Å². The highest BCUT2D eigenvalue weighted by molar-refractivity contribution is 8.15. The molecule has 3 aromatic rings. The lowest BCUT2D eigenvalue weighted by Gasteiger charge is -2.23. The van der Waals surface area contributed by atoms with Crippen LogP contribution in [0.25, 0.3) is 0 Å². The largest absolute Gasteiger partial charge is 0.326 e. The molecule has 3 aromatic carbocycles. The van der Waals surface area contributed by atoms with Crippen molar-refractivity contribution in [1.82, 2.24) is 5.01 Å². The summed E-state index contributed by atoms with van der Waals surface area (Å²) in [6.45, 7) is 3.93. The first-order chi connectivity index (χ1) is 17.7. The zero-order chi connectivity index (χ0) is 26.1. The van der Waals surface area contributed by atoms with Crippen LogP contribution in [0.2, 0.25) is 5.02 Å². The van der Waals surface area contributed by atoms with Gasteiger partial charge in [-0.25, -0.2) is 9.40 Å². The van der Waals surface area contributed by atoms with Gasteiger partial charge in [-0.05, 0) is 72.5 Å². The summed E-state index contributed by atoms with van der Waals surface area (Å²) in [6, 6.07) is 19.2. The SMILES string of the molecule is Cc1cc(C)cc(NC(=O)C[C@H]2SC(N3N=C(c4ccc(F)cc4)C[C@H]3c3cccc(Cl)c3)=NC2=O)c1. The smallest absolute Gasteiger partial charge is 0.262 e. The number of hydrazone groups is 1. The number of aliphatic imine (C=N–C) groups is 1. The molecule has 0 aliphatic carbocycles. The van der Waals surface area contributed by atoms with Gasteiger partial charge in [0.1, 0.15) is 11.1 Å². The lowest BCUT2D eigenvalue weighted by atomic mass is 9.98. The Morgan fingerprint density at radius 3 is 2.54 bits per heavy atom. The van der Waals surface area contributed by atoms with Crippen LogP contribution in [-0.4, -0.2) is 33.0 Å². The second kappa shape index (κ2) is 10.5. The Balaban J connectivity index is 1.35. The summed E-state index contributed by atoms with van der Waals surface area (Å²) in [4.78, 5) is 29.8. The second-order valence-corrected chi connectivity index (χ2v) is 10.7. The van der Waals surface area contributed by atoms with Crippen LogP contribution in [-0.2, 0) is 9.59 Å². The molecule has 0 bridgehead atoms. The molecule has 2 atom stereocenters. The molecule has 2 amide bonds. The number of carbonyl (C=O) groups excluding carboxylic acids is 2. The van der Waals surface area contributed by atoms with Crippen LogP contribution < -0.4 is 5.32 Å². The number of halogens is 2. The van der Waals surface area contributed by atoms with Crippen molar-refractivity contribution in [3.63, 3.8) is 0 Å². The maximum absolute atomic E-state index is 13.5. The Morgan fingerprint density at radius 1 is 1.11 bits per heavy atom. The third-order valence-electron chi connectivity index (χ3n) is 6.12. The number of thioether (sulfide) groups is 1. The molecule has 37 heavy (non-hydrogen) atoms. The van der Waals surface area contributed by atoms with E-state index in [0.29, 0.717) is 22.3 Å². The maximum atomic E-state index is 13.5. The number of hydrogen-bond donors (Lipinski definition) is 1. The zero-order valence-electron chi connectivity index (χ0n) is 20.2. The number of nitrogens with one attached hydrogen (secondary N) is 1. The van der Waals surface area contributed by atoms with Crippen molar-refractivity contribution >= 4 is 51.7 Å². The Hall–Kier alpha value is -3.49. The molecule has 0 saturated heterocycles. The Labute approximate surface area is 223 Å². The molecule has 2 heterocycles. The predicted octanol–water partition coefficient (Wildman–Crippen LogP) is 6.27. The van der Waals surface area contributed by atoms with E-state index in [1.165, 1.54) is 23.9 Å². The maximum Gasteiger partial charge on any atom is 0.262 e. The number of nitrogens with zero attached hydrogens (tertiary/aromatic N) is 3. The molecule has 188 valence electrons. The van der Waals surface area contributed by atoms with Crippen molar-refractivity contribution in [3.05, 3.63) is 99.8 Å². The molecule has 5 rings (SSSR count). The van der Waals surface area contributed by atoms with Gasteiger partial charge in [-0.3, -0.25) is 9.59 Å². The van der Waals surface area contributed by atoms with Crippen molar-refractivity contribution < 1.29 is 14.0 Å². The van der Waals surface area contributed by atoms with Crippen LogP contribution in [0.4, 0.5) is 10.1 Å². The molecule has 1 N–H and O–H groups in total. The molecule has 0 spiro atoms. The number of benzene rings is 3. The minimum absolute atomic E-state index is 0.00626. The van der Waals surface area contributed by atoms with Gasteiger partial charge in [0.05, 0.1) is 11.8 Å². The Kier molecular flexibility index (Phi) is 7.13. The summed E-state index contributed by atoms with van der Waals surface area (Å²) in [7, 11) is 0. The summed E-state index contributed by atoms with van der Waals surface area (Å²) < 4.78 is 13.5. The van der Waals surface area contributed by atoms with Crippen molar-refractivity contribution in [3.8, 4) is 0 Å². The highest BCUT2D eigenvalue weighted by Crippen LogP contribution is 2.39. The van der Waals surface area contributed by atoms with Gasteiger partial charge in [-0.2, -0.15) is 10.1 Å². The first-order valence-electron chi connectivity index (χ1n) is 11.8. The first-order valence-corrected chi connectivity index (χ1v) is 13.1. The van der Waals surface area contributed by atoms with Gasteiger partial charge in [0.25, 0.3) is 5.91 Å². The first kappa shape index (κ1) is 25.2. The number of amides is 2. The normalized spacial score (nSPS) is 19.1. The standard InChI is InChI=1S/C28H24ClFN4O2S/c1-16-10-17(2)12-22(11-16)31-26(35)15-25-27(36)32-28(37-25)34-24(19-4-3-5-20(29)13-19)14-23(33-34)18-6-8-21(30)9-7-18/h3-13,24-25H,14-15H2,1-2H3,(H,31,35)/t24-,25+/m0/s1. The molecule has 2 aliphatic rings. The molecule has 0 saturated carbocycles. The van der Waals surface area contributed by atoms with E-state index < -0.39 is 5.25 Å². The van der Waals surface area contributed by atoms with E-state index in [4.69, 9.17) is 16.7 Å². The Morgan fingerprint density at radius 2 is 1.84 bits per heavy atom. The fourth-order valence-corrected chi connectivity index (χ4v) is 5.77. The summed E-state index contributed by atoms with van der Waals surface area (Å²) >= 11 is 7.49. The lowest BCUT2D eigenvalue weighted by molar-refractivity contribution is -0.121. The van der Waals surface area contributed by atoms with E-state index in [2.05, 4.69) is 10.3 Å². The van der Waals surface area contributed by atoms with Crippen LogP contribution >= 0.6 is 23.4 Å².